The Labute approximate surface area is 136 Å². The zero-order valence-electron chi connectivity index (χ0n) is 12.6. The highest BCUT2D eigenvalue weighted by Crippen LogP contribution is 2.31. The van der Waals surface area contributed by atoms with Gasteiger partial charge in [0, 0.05) is 34.9 Å². The molecular formula is C18H12N6. The Morgan fingerprint density at radius 3 is 2.58 bits per heavy atom. The quantitative estimate of drug-likeness (QED) is 0.522. The Kier molecular flexibility index (Phi) is 2.69. The van der Waals surface area contributed by atoms with Gasteiger partial charge in [-0.25, -0.2) is 9.97 Å². The lowest BCUT2D eigenvalue weighted by Crippen LogP contribution is -1.83. The van der Waals surface area contributed by atoms with Crippen LogP contribution in [0.15, 0.2) is 61.4 Å². The number of aromatic amines is 2. The molecule has 0 bridgehead atoms. The molecule has 0 saturated carbocycles. The van der Waals surface area contributed by atoms with Crippen molar-refractivity contribution in [1.82, 2.24) is 30.1 Å². The van der Waals surface area contributed by atoms with Gasteiger partial charge >= 0.3 is 0 Å². The molecule has 0 spiro atoms. The predicted molar refractivity (Wildman–Crippen MR) is 92.2 cm³/mol. The maximum atomic E-state index is 4.49. The van der Waals surface area contributed by atoms with Crippen molar-refractivity contribution in [2.75, 3.05) is 0 Å². The second kappa shape index (κ2) is 4.99. The number of fused-ring (bicyclic) bond motifs is 2. The van der Waals surface area contributed by atoms with Crippen LogP contribution in [-0.2, 0) is 0 Å². The summed E-state index contributed by atoms with van der Waals surface area (Å²) in [5.41, 5.74) is 5.88. The number of rotatable bonds is 2. The molecule has 0 radical (unpaired) electrons. The standard InChI is InChI=1S/C18H12N6/c1-2-15-14(5-11(1)13-7-20-10-21-8-13)18(24-23-15)16-6-12-3-4-19-9-17(12)22-16/h1-10,22H,(H,23,24). The summed E-state index contributed by atoms with van der Waals surface area (Å²) >= 11 is 0. The Morgan fingerprint density at radius 2 is 1.71 bits per heavy atom. The molecule has 0 unspecified atom stereocenters. The number of benzene rings is 1. The van der Waals surface area contributed by atoms with Crippen molar-refractivity contribution in [2.45, 2.75) is 0 Å². The van der Waals surface area contributed by atoms with E-state index >= 15 is 0 Å². The molecule has 0 aliphatic heterocycles. The minimum absolute atomic E-state index is 0.889. The van der Waals surface area contributed by atoms with Gasteiger partial charge in [-0.1, -0.05) is 6.07 Å². The topological polar surface area (TPSA) is 83.1 Å². The summed E-state index contributed by atoms with van der Waals surface area (Å²) < 4.78 is 0. The highest BCUT2D eigenvalue weighted by Gasteiger charge is 2.12. The summed E-state index contributed by atoms with van der Waals surface area (Å²) in [6.07, 6.45) is 8.76. The average molecular weight is 312 g/mol. The van der Waals surface area contributed by atoms with E-state index in [9.17, 15) is 0 Å². The Hall–Kier alpha value is -3.54. The summed E-state index contributed by atoms with van der Waals surface area (Å²) in [7, 11) is 0. The minimum Gasteiger partial charge on any atom is -0.352 e. The van der Waals surface area contributed by atoms with Crippen molar-refractivity contribution in [3.05, 3.63) is 61.4 Å². The first-order valence-electron chi connectivity index (χ1n) is 7.55. The smallest absolute Gasteiger partial charge is 0.116 e. The molecule has 0 amide bonds. The summed E-state index contributed by atoms with van der Waals surface area (Å²) in [5.74, 6) is 0. The second-order valence-corrected chi connectivity index (χ2v) is 5.61. The molecule has 2 N–H and O–H groups in total. The van der Waals surface area contributed by atoms with Gasteiger partial charge < -0.3 is 4.98 Å². The molecule has 0 saturated heterocycles. The van der Waals surface area contributed by atoms with Crippen LogP contribution in [0, 0.1) is 0 Å². The van der Waals surface area contributed by atoms with Crippen molar-refractivity contribution in [2.24, 2.45) is 0 Å². The Bertz CT molecular complexity index is 1120. The van der Waals surface area contributed by atoms with E-state index in [0.29, 0.717) is 0 Å². The SMILES string of the molecule is c1cc2cc(-c3n[nH]c4ccc(-c5cncnc5)cc34)[nH]c2cn1. The van der Waals surface area contributed by atoms with Crippen LogP contribution in [0.4, 0.5) is 0 Å². The summed E-state index contributed by atoms with van der Waals surface area (Å²) in [6.45, 7) is 0. The van der Waals surface area contributed by atoms with Gasteiger partial charge in [0.15, 0.2) is 0 Å². The van der Waals surface area contributed by atoms with Gasteiger partial charge in [-0.05, 0) is 29.8 Å². The lowest BCUT2D eigenvalue weighted by molar-refractivity contribution is 1.12. The van der Waals surface area contributed by atoms with Crippen molar-refractivity contribution in [3.63, 3.8) is 0 Å². The van der Waals surface area contributed by atoms with Crippen LogP contribution in [-0.4, -0.2) is 30.1 Å². The number of H-pyrrole nitrogens is 2. The third kappa shape index (κ3) is 1.97. The fourth-order valence-corrected chi connectivity index (χ4v) is 2.95. The van der Waals surface area contributed by atoms with Gasteiger partial charge in [-0.2, -0.15) is 5.10 Å². The van der Waals surface area contributed by atoms with E-state index in [4.69, 9.17) is 0 Å². The molecule has 5 aromatic rings. The fourth-order valence-electron chi connectivity index (χ4n) is 2.95. The maximum absolute atomic E-state index is 4.49. The van der Waals surface area contributed by atoms with E-state index in [2.05, 4.69) is 42.3 Å². The zero-order valence-corrected chi connectivity index (χ0v) is 12.6. The third-order valence-corrected chi connectivity index (χ3v) is 4.14. The summed E-state index contributed by atoms with van der Waals surface area (Å²) in [5, 5.41) is 9.75. The van der Waals surface area contributed by atoms with Crippen LogP contribution in [0.25, 0.3) is 44.3 Å². The van der Waals surface area contributed by atoms with Gasteiger partial charge in [-0.15, -0.1) is 0 Å². The largest absolute Gasteiger partial charge is 0.352 e. The highest BCUT2D eigenvalue weighted by atomic mass is 15.1. The molecule has 0 aliphatic carbocycles. The van der Waals surface area contributed by atoms with Crippen LogP contribution in [0.5, 0.6) is 0 Å². The minimum atomic E-state index is 0.889. The van der Waals surface area contributed by atoms with Gasteiger partial charge in [0.05, 0.1) is 22.9 Å². The first-order chi connectivity index (χ1) is 11.9. The first-order valence-corrected chi connectivity index (χ1v) is 7.55. The Morgan fingerprint density at radius 1 is 0.792 bits per heavy atom. The van der Waals surface area contributed by atoms with Crippen LogP contribution in [0.1, 0.15) is 0 Å². The van der Waals surface area contributed by atoms with Crippen molar-refractivity contribution in [3.8, 4) is 22.5 Å². The van der Waals surface area contributed by atoms with Crippen molar-refractivity contribution in [1.29, 1.82) is 0 Å². The third-order valence-electron chi connectivity index (χ3n) is 4.14. The normalized spacial score (nSPS) is 11.3. The number of hydrogen-bond donors (Lipinski definition) is 2. The van der Waals surface area contributed by atoms with E-state index in [1.54, 1.807) is 6.20 Å². The van der Waals surface area contributed by atoms with Gasteiger partial charge in [-0.3, -0.25) is 10.1 Å². The fraction of sp³-hybridized carbons (Fsp3) is 0. The molecule has 114 valence electrons. The van der Waals surface area contributed by atoms with Gasteiger partial charge in [0.1, 0.15) is 12.0 Å². The van der Waals surface area contributed by atoms with Crippen molar-refractivity contribution < 1.29 is 0 Å². The van der Waals surface area contributed by atoms with Gasteiger partial charge in [0.2, 0.25) is 0 Å². The van der Waals surface area contributed by atoms with Crippen LogP contribution in [0.2, 0.25) is 0 Å². The zero-order chi connectivity index (χ0) is 15.9. The molecule has 6 nitrogen and oxygen atoms in total. The average Bonchev–Trinajstić information content (AvgIpc) is 3.25. The molecule has 4 aromatic heterocycles. The lowest BCUT2D eigenvalue weighted by atomic mass is 10.1. The van der Waals surface area contributed by atoms with E-state index < -0.39 is 0 Å². The number of pyridine rings is 1. The number of aromatic nitrogens is 6. The molecule has 24 heavy (non-hydrogen) atoms. The maximum Gasteiger partial charge on any atom is 0.116 e. The predicted octanol–water partition coefficient (Wildman–Crippen LogP) is 3.56. The number of nitrogens with zero attached hydrogens (tertiary/aromatic N) is 4. The second-order valence-electron chi connectivity index (χ2n) is 5.61. The first kappa shape index (κ1) is 13.0. The molecule has 1 aromatic carbocycles. The van der Waals surface area contributed by atoms with Gasteiger partial charge in [0.25, 0.3) is 0 Å². The van der Waals surface area contributed by atoms with E-state index in [-0.39, 0.29) is 0 Å². The molecule has 6 heteroatoms. The lowest BCUT2D eigenvalue weighted by Gasteiger charge is -2.01. The highest BCUT2D eigenvalue weighted by molar-refractivity contribution is 5.97. The number of hydrogen-bond acceptors (Lipinski definition) is 4. The Balaban J connectivity index is 1.71. The molecule has 0 fully saturated rings. The van der Waals surface area contributed by atoms with Crippen LogP contribution >= 0.6 is 0 Å². The van der Waals surface area contributed by atoms with E-state index in [1.807, 2.05) is 36.8 Å². The van der Waals surface area contributed by atoms with Crippen LogP contribution < -0.4 is 0 Å². The summed E-state index contributed by atoms with van der Waals surface area (Å²) in [6, 6.07) is 10.2. The monoisotopic (exact) mass is 312 g/mol. The van der Waals surface area contributed by atoms with E-state index in [1.165, 1.54) is 6.33 Å². The molecule has 0 atom stereocenters. The molecule has 4 heterocycles. The molecule has 0 aliphatic rings. The van der Waals surface area contributed by atoms with E-state index in [0.717, 1.165) is 44.3 Å². The number of nitrogens with one attached hydrogen (secondary N) is 2. The molecular weight excluding hydrogens is 300 g/mol. The van der Waals surface area contributed by atoms with Crippen LogP contribution in [0.3, 0.4) is 0 Å². The summed E-state index contributed by atoms with van der Waals surface area (Å²) in [4.78, 5) is 15.7. The van der Waals surface area contributed by atoms with Crippen molar-refractivity contribution >= 4 is 21.8 Å². The molecule has 5 rings (SSSR count).